The summed E-state index contributed by atoms with van der Waals surface area (Å²) in [6, 6.07) is 0. The molecule has 0 aromatic carbocycles. The Labute approximate surface area is 95.4 Å². The van der Waals surface area contributed by atoms with Crippen molar-refractivity contribution in [1.82, 2.24) is 0 Å². The summed E-state index contributed by atoms with van der Waals surface area (Å²) < 4.78 is 5.64. The predicted molar refractivity (Wildman–Crippen MR) is 66.1 cm³/mol. The lowest BCUT2D eigenvalue weighted by atomic mass is 9.87. The molecule has 2 heteroatoms. The van der Waals surface area contributed by atoms with E-state index in [1.807, 2.05) is 55.4 Å². The maximum atomic E-state index is 11.3. The highest BCUT2D eigenvalue weighted by molar-refractivity contribution is 5.82. The van der Waals surface area contributed by atoms with Gasteiger partial charge in [0.15, 0.2) is 0 Å². The Balaban J connectivity index is 0. The van der Waals surface area contributed by atoms with Crippen LogP contribution in [0.1, 0.15) is 61.8 Å². The molecule has 0 spiro atoms. The minimum absolute atomic E-state index is 0.0722. The first kappa shape index (κ1) is 17.0. The van der Waals surface area contributed by atoms with Gasteiger partial charge in [0.25, 0.3) is 0 Å². The molecule has 1 aliphatic heterocycles. The zero-order valence-electron chi connectivity index (χ0n) is 11.7. The third kappa shape index (κ3) is 5.93. The van der Waals surface area contributed by atoms with Crippen molar-refractivity contribution in [1.29, 1.82) is 0 Å². The van der Waals surface area contributed by atoms with Crippen LogP contribution in [0.5, 0.6) is 0 Å². The molecule has 0 aliphatic carbocycles. The van der Waals surface area contributed by atoms with Gasteiger partial charge in [-0.25, -0.2) is 0 Å². The van der Waals surface area contributed by atoms with Crippen LogP contribution in [0, 0.1) is 5.92 Å². The van der Waals surface area contributed by atoms with Crippen molar-refractivity contribution in [3.63, 3.8) is 0 Å². The minimum Gasteiger partial charge on any atom is -0.371 e. The summed E-state index contributed by atoms with van der Waals surface area (Å²) in [5.74, 6) is 0.400. The number of ether oxygens (including phenoxy) is 1. The molecule has 0 N–H and O–H groups in total. The Morgan fingerprint density at radius 1 is 1.13 bits per heavy atom. The fourth-order valence-corrected chi connectivity index (χ4v) is 1.49. The Kier molecular flexibility index (Phi) is 8.93. The van der Waals surface area contributed by atoms with Gasteiger partial charge in [-0.1, -0.05) is 34.6 Å². The Bertz CT molecular complexity index is 173. The molecule has 0 amide bonds. The van der Waals surface area contributed by atoms with Gasteiger partial charge < -0.3 is 4.74 Å². The molecular formula is C13H28O2. The van der Waals surface area contributed by atoms with Gasteiger partial charge in [0, 0.05) is 12.3 Å². The SMILES string of the molecule is CC.CC.CC1OC(C)(C)CC(=O)C1C. The van der Waals surface area contributed by atoms with Gasteiger partial charge >= 0.3 is 0 Å². The van der Waals surface area contributed by atoms with Crippen molar-refractivity contribution in [3.05, 3.63) is 0 Å². The Hall–Kier alpha value is -0.370. The largest absolute Gasteiger partial charge is 0.371 e. The second-order valence-electron chi connectivity index (χ2n) is 4.01. The molecule has 92 valence electrons. The van der Waals surface area contributed by atoms with E-state index in [1.54, 1.807) is 0 Å². The van der Waals surface area contributed by atoms with E-state index in [-0.39, 0.29) is 17.6 Å². The Morgan fingerprint density at radius 3 is 1.87 bits per heavy atom. The molecule has 2 unspecified atom stereocenters. The molecule has 1 saturated heterocycles. The van der Waals surface area contributed by atoms with Crippen LogP contribution >= 0.6 is 0 Å². The monoisotopic (exact) mass is 216 g/mol. The van der Waals surface area contributed by atoms with E-state index < -0.39 is 0 Å². The zero-order valence-corrected chi connectivity index (χ0v) is 11.7. The van der Waals surface area contributed by atoms with Crippen molar-refractivity contribution in [2.24, 2.45) is 5.92 Å². The van der Waals surface area contributed by atoms with E-state index in [0.29, 0.717) is 12.2 Å². The third-order valence-electron chi connectivity index (χ3n) is 2.32. The molecule has 0 aromatic rings. The topological polar surface area (TPSA) is 26.3 Å². The first-order valence-corrected chi connectivity index (χ1v) is 6.13. The lowest BCUT2D eigenvalue weighted by Crippen LogP contribution is -2.44. The van der Waals surface area contributed by atoms with Crippen LogP contribution < -0.4 is 0 Å². The van der Waals surface area contributed by atoms with E-state index in [2.05, 4.69) is 0 Å². The van der Waals surface area contributed by atoms with E-state index in [9.17, 15) is 4.79 Å². The van der Waals surface area contributed by atoms with Gasteiger partial charge in [-0.2, -0.15) is 0 Å². The molecule has 2 nitrogen and oxygen atoms in total. The molecule has 0 aromatic heterocycles. The van der Waals surface area contributed by atoms with Gasteiger partial charge in [-0.3, -0.25) is 4.79 Å². The average Bonchev–Trinajstić information content (AvgIpc) is 2.19. The summed E-state index contributed by atoms with van der Waals surface area (Å²) in [6.07, 6.45) is 0.629. The van der Waals surface area contributed by atoms with E-state index in [0.717, 1.165) is 0 Å². The van der Waals surface area contributed by atoms with Crippen LogP contribution in [0.4, 0.5) is 0 Å². The van der Waals surface area contributed by atoms with Crippen LogP contribution in [-0.2, 0) is 9.53 Å². The number of carbonyl (C=O) groups excluding carboxylic acids is 1. The van der Waals surface area contributed by atoms with Crippen molar-refractivity contribution < 1.29 is 9.53 Å². The van der Waals surface area contributed by atoms with Crippen LogP contribution in [0.3, 0.4) is 0 Å². The maximum Gasteiger partial charge on any atom is 0.141 e. The summed E-state index contributed by atoms with van der Waals surface area (Å²) in [6.45, 7) is 15.8. The van der Waals surface area contributed by atoms with Gasteiger partial charge in [-0.05, 0) is 20.8 Å². The molecule has 0 radical (unpaired) electrons. The number of rotatable bonds is 0. The normalized spacial score (nSPS) is 28.1. The molecule has 0 saturated carbocycles. The second kappa shape index (κ2) is 7.86. The second-order valence-corrected chi connectivity index (χ2v) is 4.01. The van der Waals surface area contributed by atoms with Crippen LogP contribution in [-0.4, -0.2) is 17.5 Å². The summed E-state index contributed by atoms with van der Waals surface area (Å²) in [5, 5.41) is 0. The van der Waals surface area contributed by atoms with E-state index in [1.165, 1.54) is 0 Å². The lowest BCUT2D eigenvalue weighted by Gasteiger charge is -2.37. The minimum atomic E-state index is -0.247. The summed E-state index contributed by atoms with van der Waals surface area (Å²) >= 11 is 0. The van der Waals surface area contributed by atoms with Gasteiger partial charge in [0.1, 0.15) is 5.78 Å². The number of Topliss-reactive ketones (excluding diaryl/α,β-unsaturated/α-hetero) is 1. The number of hydrogen-bond donors (Lipinski definition) is 0. The quantitative estimate of drug-likeness (QED) is 0.615. The van der Waals surface area contributed by atoms with Crippen LogP contribution in [0.2, 0.25) is 0 Å². The van der Waals surface area contributed by atoms with Crippen molar-refractivity contribution >= 4 is 5.78 Å². The summed E-state index contributed by atoms with van der Waals surface area (Å²) in [7, 11) is 0. The molecule has 2 atom stereocenters. The zero-order chi connectivity index (χ0) is 12.6. The van der Waals surface area contributed by atoms with Gasteiger partial charge in [-0.15, -0.1) is 0 Å². The number of ketones is 1. The highest BCUT2D eigenvalue weighted by Gasteiger charge is 2.36. The van der Waals surface area contributed by atoms with Gasteiger partial charge in [0.2, 0.25) is 0 Å². The summed E-state index contributed by atoms with van der Waals surface area (Å²) in [5.41, 5.74) is -0.247. The van der Waals surface area contributed by atoms with Crippen molar-refractivity contribution in [2.45, 2.75) is 73.5 Å². The van der Waals surface area contributed by atoms with E-state index >= 15 is 0 Å². The first-order valence-electron chi connectivity index (χ1n) is 6.13. The van der Waals surface area contributed by atoms with Crippen LogP contribution in [0.25, 0.3) is 0 Å². The molecule has 15 heavy (non-hydrogen) atoms. The van der Waals surface area contributed by atoms with Crippen molar-refractivity contribution in [3.8, 4) is 0 Å². The highest BCUT2D eigenvalue weighted by Crippen LogP contribution is 2.28. The fraction of sp³-hybridized carbons (Fsp3) is 0.923. The highest BCUT2D eigenvalue weighted by atomic mass is 16.5. The molecule has 1 fully saturated rings. The van der Waals surface area contributed by atoms with Gasteiger partial charge in [0.05, 0.1) is 11.7 Å². The third-order valence-corrected chi connectivity index (χ3v) is 2.32. The fourth-order valence-electron chi connectivity index (χ4n) is 1.49. The van der Waals surface area contributed by atoms with E-state index in [4.69, 9.17) is 4.74 Å². The first-order chi connectivity index (χ1) is 6.92. The lowest BCUT2D eigenvalue weighted by molar-refractivity contribution is -0.156. The average molecular weight is 216 g/mol. The van der Waals surface area contributed by atoms with Crippen LogP contribution in [0.15, 0.2) is 0 Å². The molecule has 1 rings (SSSR count). The molecule has 0 bridgehead atoms. The molecule has 1 aliphatic rings. The smallest absolute Gasteiger partial charge is 0.141 e. The molecular weight excluding hydrogens is 188 g/mol. The maximum absolute atomic E-state index is 11.3. The molecule has 1 heterocycles. The number of hydrogen-bond acceptors (Lipinski definition) is 2. The summed E-state index contributed by atoms with van der Waals surface area (Å²) in [4.78, 5) is 11.3. The van der Waals surface area contributed by atoms with Crippen molar-refractivity contribution in [2.75, 3.05) is 0 Å². The number of carbonyl (C=O) groups is 1. The predicted octanol–water partition coefficient (Wildman–Crippen LogP) is 3.83. The Morgan fingerprint density at radius 2 is 1.53 bits per heavy atom. The standard InChI is InChI=1S/C9H16O2.2C2H6/c1-6-7(2)11-9(3,4)5-8(6)10;2*1-2/h6-7H,5H2,1-4H3;2*1-2H3.